The van der Waals surface area contributed by atoms with Crippen molar-refractivity contribution in [3.05, 3.63) is 12.2 Å². The maximum Gasteiger partial charge on any atom is 0.222 e. The summed E-state index contributed by atoms with van der Waals surface area (Å²) in [5.41, 5.74) is 6.25. The van der Waals surface area contributed by atoms with Crippen molar-refractivity contribution in [3.8, 4) is 0 Å². The zero-order valence-corrected chi connectivity index (χ0v) is 19.1. The van der Waals surface area contributed by atoms with Crippen LogP contribution in [0, 0.1) is 35.0 Å². The molecule has 1 amide bonds. The fraction of sp³-hybridized carbons (Fsp3) is 0.727. The van der Waals surface area contributed by atoms with Gasteiger partial charge in [0, 0.05) is 31.6 Å². The van der Waals surface area contributed by atoms with Gasteiger partial charge < -0.3 is 26.9 Å². The lowest BCUT2D eigenvalue weighted by Crippen LogP contribution is -2.53. The summed E-state index contributed by atoms with van der Waals surface area (Å²) in [5.74, 6) is 0.0502. The number of nitrogens with zero attached hydrogens (tertiary/aromatic N) is 2. The highest BCUT2D eigenvalue weighted by Gasteiger charge is 2.55. The van der Waals surface area contributed by atoms with Crippen LogP contribution in [0.15, 0.2) is 22.1 Å². The van der Waals surface area contributed by atoms with Crippen LogP contribution in [0.5, 0.6) is 0 Å². The number of allylic oxidation sites excluding steroid dienone is 2. The van der Waals surface area contributed by atoms with E-state index in [4.69, 9.17) is 22.7 Å². The second kappa shape index (κ2) is 11.3. The van der Waals surface area contributed by atoms with E-state index in [1.807, 2.05) is 6.08 Å². The summed E-state index contributed by atoms with van der Waals surface area (Å²) in [6.45, 7) is 1.16. The molecule has 0 saturated heterocycles. The molecule has 32 heavy (non-hydrogen) atoms. The minimum Gasteiger partial charge on any atom is -0.391 e. The van der Waals surface area contributed by atoms with Crippen LogP contribution in [0.25, 0.3) is 0 Å². The number of hydrogen-bond acceptors (Lipinski definition) is 6. The van der Waals surface area contributed by atoms with Crippen LogP contribution in [-0.4, -0.2) is 73.2 Å². The number of carbonyl (C=O) groups excluding carboxylic acids is 1. The highest BCUT2D eigenvalue weighted by atomic mass is 35.5. The summed E-state index contributed by atoms with van der Waals surface area (Å²) in [4.78, 5) is 19.9. The van der Waals surface area contributed by atoms with Gasteiger partial charge in [0.15, 0.2) is 6.17 Å². The largest absolute Gasteiger partial charge is 0.391 e. The third kappa shape index (κ3) is 5.74. The van der Waals surface area contributed by atoms with Crippen LogP contribution in [0.3, 0.4) is 0 Å². The average Bonchev–Trinajstić information content (AvgIpc) is 3.33. The zero-order valence-electron chi connectivity index (χ0n) is 18.4. The number of aliphatic imine (C=N–C) groups is 2. The molecule has 8 atom stereocenters. The number of hydrogen-bond donors (Lipinski definition) is 5. The fourth-order valence-corrected chi connectivity index (χ4v) is 5.75. The van der Waals surface area contributed by atoms with Gasteiger partial charge in [-0.15, -0.1) is 11.6 Å². The lowest BCUT2D eigenvalue weighted by molar-refractivity contribution is -0.124. The predicted octanol–water partition coefficient (Wildman–Crippen LogP) is 1.27. The Labute approximate surface area is 193 Å². The summed E-state index contributed by atoms with van der Waals surface area (Å²) in [6.07, 6.45) is 5.91. The van der Waals surface area contributed by atoms with E-state index in [1.165, 1.54) is 7.05 Å². The predicted molar refractivity (Wildman–Crippen MR) is 125 cm³/mol. The van der Waals surface area contributed by atoms with Crippen LogP contribution in [0.4, 0.5) is 4.39 Å². The number of amidine groups is 1. The van der Waals surface area contributed by atoms with E-state index in [-0.39, 0.29) is 53.4 Å². The lowest BCUT2D eigenvalue weighted by atomic mass is 9.77. The van der Waals surface area contributed by atoms with Crippen LogP contribution >= 0.6 is 11.6 Å². The highest BCUT2D eigenvalue weighted by Crippen LogP contribution is 2.51. The minimum absolute atomic E-state index is 0.0344. The Kier molecular flexibility index (Phi) is 8.79. The number of halogens is 2. The maximum atomic E-state index is 14.5. The molecule has 10 heteroatoms. The fourth-order valence-electron chi connectivity index (χ4n) is 5.67. The molecule has 0 aromatic heterocycles. The molecule has 178 valence electrons. The first-order valence-corrected chi connectivity index (χ1v) is 11.7. The van der Waals surface area contributed by atoms with Crippen molar-refractivity contribution in [3.63, 3.8) is 0 Å². The molecule has 2 saturated carbocycles. The molecule has 3 aliphatic rings. The van der Waals surface area contributed by atoms with Crippen molar-refractivity contribution in [2.45, 2.75) is 44.0 Å². The van der Waals surface area contributed by atoms with E-state index in [0.29, 0.717) is 25.2 Å². The smallest absolute Gasteiger partial charge is 0.222 e. The Bertz CT molecular complexity index is 776. The van der Waals surface area contributed by atoms with Crippen molar-refractivity contribution < 1.29 is 14.3 Å². The molecule has 8 nitrogen and oxygen atoms in total. The van der Waals surface area contributed by atoms with E-state index in [1.54, 1.807) is 6.08 Å². The quantitative estimate of drug-likeness (QED) is 0.143. The molecular weight excluding hydrogens is 435 g/mol. The molecule has 0 aromatic rings. The van der Waals surface area contributed by atoms with Gasteiger partial charge in [0.25, 0.3) is 0 Å². The summed E-state index contributed by atoms with van der Waals surface area (Å²) in [5, 5.41) is 24.8. The summed E-state index contributed by atoms with van der Waals surface area (Å²) < 4.78 is 14.5. The SMILES string of the molecule is CN=C(NC1C2CC(CC2CNCC(O)C2CC=CC(=N)C2)C1C(N)=O)C(F)C=NCCl. The molecule has 0 aromatic carbocycles. The Morgan fingerprint density at radius 3 is 2.94 bits per heavy atom. The molecule has 3 aliphatic carbocycles. The minimum atomic E-state index is -1.53. The molecule has 0 aliphatic heterocycles. The zero-order chi connectivity index (χ0) is 23.3. The molecule has 0 radical (unpaired) electrons. The number of nitrogens with two attached hydrogens (primary N) is 1. The van der Waals surface area contributed by atoms with Crippen molar-refractivity contribution in [2.75, 3.05) is 26.1 Å². The third-order valence-corrected chi connectivity index (χ3v) is 7.27. The number of nitrogens with one attached hydrogen (secondary N) is 3. The van der Waals surface area contributed by atoms with Gasteiger partial charge in [-0.1, -0.05) is 6.08 Å². The van der Waals surface area contributed by atoms with Gasteiger partial charge in [-0.25, -0.2) is 4.39 Å². The van der Waals surface area contributed by atoms with Crippen LogP contribution in [0.1, 0.15) is 25.7 Å². The molecule has 2 fully saturated rings. The molecular formula is C22H34ClFN6O2. The second-order valence-corrected chi connectivity index (χ2v) is 9.31. The second-order valence-electron chi connectivity index (χ2n) is 9.07. The number of alkyl halides is 2. The highest BCUT2D eigenvalue weighted by molar-refractivity contribution is 6.18. The Morgan fingerprint density at radius 2 is 2.28 bits per heavy atom. The summed E-state index contributed by atoms with van der Waals surface area (Å²) in [6, 6.07) is -0.318. The van der Waals surface area contributed by atoms with Gasteiger partial charge in [0.05, 0.1) is 12.0 Å². The molecule has 0 spiro atoms. The molecule has 3 rings (SSSR count). The molecule has 0 heterocycles. The monoisotopic (exact) mass is 468 g/mol. The first-order chi connectivity index (χ1) is 15.3. The van der Waals surface area contributed by atoms with Crippen LogP contribution in [-0.2, 0) is 4.79 Å². The van der Waals surface area contributed by atoms with E-state index < -0.39 is 12.3 Å². The number of aliphatic hydroxyl groups is 1. The van der Waals surface area contributed by atoms with Crippen LogP contribution in [0.2, 0.25) is 0 Å². The van der Waals surface area contributed by atoms with E-state index in [0.717, 1.165) is 25.5 Å². The first-order valence-electron chi connectivity index (χ1n) is 11.2. The van der Waals surface area contributed by atoms with Crippen LogP contribution < -0.4 is 16.4 Å². The van der Waals surface area contributed by atoms with E-state index >= 15 is 0 Å². The number of rotatable bonds is 10. The number of primary amides is 1. The van der Waals surface area contributed by atoms with Gasteiger partial charge >= 0.3 is 0 Å². The van der Waals surface area contributed by atoms with E-state index in [2.05, 4.69) is 20.6 Å². The molecule has 2 bridgehead atoms. The Balaban J connectivity index is 1.58. The third-order valence-electron chi connectivity index (χ3n) is 7.14. The topological polar surface area (TPSA) is 136 Å². The summed E-state index contributed by atoms with van der Waals surface area (Å²) in [7, 11) is 1.50. The van der Waals surface area contributed by atoms with Gasteiger partial charge in [-0.2, -0.15) is 0 Å². The number of aliphatic hydroxyl groups excluding tert-OH is 1. The van der Waals surface area contributed by atoms with Gasteiger partial charge in [0.2, 0.25) is 5.91 Å². The molecule has 8 unspecified atom stereocenters. The van der Waals surface area contributed by atoms with Crippen molar-refractivity contribution in [2.24, 2.45) is 45.3 Å². The van der Waals surface area contributed by atoms with Crippen molar-refractivity contribution >= 4 is 35.3 Å². The first kappa shape index (κ1) is 24.8. The average molecular weight is 469 g/mol. The normalized spacial score (nSPS) is 34.2. The van der Waals surface area contributed by atoms with Gasteiger partial charge in [-0.05, 0) is 62.0 Å². The van der Waals surface area contributed by atoms with Gasteiger partial charge in [-0.3, -0.25) is 14.8 Å². The van der Waals surface area contributed by atoms with E-state index in [9.17, 15) is 14.3 Å². The lowest BCUT2D eigenvalue weighted by Gasteiger charge is -2.36. The number of carbonyl (C=O) groups is 1. The Morgan fingerprint density at radius 1 is 1.50 bits per heavy atom. The maximum absolute atomic E-state index is 14.5. The Hall–Kier alpha value is -1.84. The number of fused-ring (bicyclic) bond motifs is 2. The molecule has 6 N–H and O–H groups in total. The standard InChI is InChI=1S/C22H34ClFN6O2/c1-27-22(17(24)9-29-11-23)30-20-16-7-13(19(20)21(26)32)5-14(16)8-28-10-18(31)12-3-2-4-15(25)6-12/h2,4,9,12-14,16-20,25,28,31H,3,5-8,10-11H2,1H3,(H2,26,32)(H,27,30). The van der Waals surface area contributed by atoms with Crippen molar-refractivity contribution in [1.82, 2.24) is 10.6 Å². The van der Waals surface area contributed by atoms with Gasteiger partial charge in [0.1, 0.15) is 11.8 Å². The number of amides is 1. The van der Waals surface area contributed by atoms with Crippen molar-refractivity contribution in [1.29, 1.82) is 5.41 Å². The summed E-state index contributed by atoms with van der Waals surface area (Å²) >= 11 is 5.50.